The number of ether oxygens (including phenoxy) is 1. The van der Waals surface area contributed by atoms with E-state index >= 15 is 0 Å². The van der Waals surface area contributed by atoms with Crippen molar-refractivity contribution in [2.24, 2.45) is 7.05 Å². The summed E-state index contributed by atoms with van der Waals surface area (Å²) in [5.74, 6) is 2.16. The summed E-state index contributed by atoms with van der Waals surface area (Å²) in [4.78, 5) is 21.5. The van der Waals surface area contributed by atoms with Gasteiger partial charge in [0, 0.05) is 30.6 Å². The van der Waals surface area contributed by atoms with Gasteiger partial charge in [0.2, 0.25) is 0 Å². The molecule has 0 bridgehead atoms. The van der Waals surface area contributed by atoms with Gasteiger partial charge >= 0.3 is 0 Å². The molecule has 3 heterocycles. The average molecular weight is 403 g/mol. The number of thiazole rings is 1. The molecule has 0 amide bonds. The lowest BCUT2D eigenvalue weighted by molar-refractivity contribution is 0.304. The Balaban J connectivity index is 1.40. The Hall–Kier alpha value is -3.44. The number of fused-ring (bicyclic) bond motifs is 1. The summed E-state index contributed by atoms with van der Waals surface area (Å²) < 4.78 is 9.38. The van der Waals surface area contributed by atoms with Gasteiger partial charge in [-0.2, -0.15) is 5.26 Å². The largest absolute Gasteiger partial charge is 0.486 e. The van der Waals surface area contributed by atoms with Gasteiger partial charge in [-0.1, -0.05) is 0 Å². The second-order valence-electron chi connectivity index (χ2n) is 7.07. The molecule has 0 N–H and O–H groups in total. The molecule has 1 aromatic carbocycles. The first-order chi connectivity index (χ1) is 14.1. The highest BCUT2D eigenvalue weighted by molar-refractivity contribution is 7.09. The van der Waals surface area contributed by atoms with E-state index < -0.39 is 0 Å². The van der Waals surface area contributed by atoms with Crippen LogP contribution in [0.2, 0.25) is 0 Å². The van der Waals surface area contributed by atoms with Crippen LogP contribution in [0.15, 0.2) is 46.7 Å². The number of hydrogen-bond donors (Lipinski definition) is 0. The van der Waals surface area contributed by atoms with E-state index in [1.165, 1.54) is 30.2 Å². The molecule has 0 saturated heterocycles. The first-order valence-electron chi connectivity index (χ1n) is 9.29. The van der Waals surface area contributed by atoms with Crippen LogP contribution in [0, 0.1) is 11.3 Å². The highest BCUT2D eigenvalue weighted by Crippen LogP contribution is 2.40. The zero-order chi connectivity index (χ0) is 20.0. The average Bonchev–Trinajstić information content (AvgIpc) is 3.38. The van der Waals surface area contributed by atoms with E-state index in [1.807, 2.05) is 31.3 Å². The fourth-order valence-corrected chi connectivity index (χ4v) is 4.02. The standard InChI is InChI=1S/C21H17N5O2S/c1-25-18-8-15(4-5-17(18)24-21(25)13-2-3-13)26-7-6-16(9-20(26)27)28-11-19-23-14(10-22)12-29-19/h4-9,12-13H,2-3,11H2,1H3. The van der Waals surface area contributed by atoms with Gasteiger partial charge in [0.15, 0.2) is 5.69 Å². The maximum absolute atomic E-state index is 12.7. The second-order valence-corrected chi connectivity index (χ2v) is 8.02. The number of nitrogens with zero attached hydrogens (tertiary/aromatic N) is 5. The number of rotatable bonds is 5. The number of hydrogen-bond acceptors (Lipinski definition) is 6. The summed E-state index contributed by atoms with van der Waals surface area (Å²) in [6, 6.07) is 11.1. The molecule has 0 spiro atoms. The maximum Gasteiger partial charge on any atom is 0.258 e. The lowest BCUT2D eigenvalue weighted by Crippen LogP contribution is -2.16. The number of imidazole rings is 1. The highest BCUT2D eigenvalue weighted by atomic mass is 32.1. The molecule has 29 heavy (non-hydrogen) atoms. The fraction of sp³-hybridized carbons (Fsp3) is 0.238. The molecule has 5 rings (SSSR count). The SMILES string of the molecule is Cn1c(C2CC2)nc2ccc(-n3ccc(OCc4nc(C#N)cs4)cc3=O)cc21. The van der Waals surface area contributed by atoms with Gasteiger partial charge in [-0.25, -0.2) is 9.97 Å². The van der Waals surface area contributed by atoms with Gasteiger partial charge in [-0.05, 0) is 37.1 Å². The number of nitriles is 1. The van der Waals surface area contributed by atoms with Crippen molar-refractivity contribution in [2.75, 3.05) is 0 Å². The van der Waals surface area contributed by atoms with E-state index in [0.717, 1.165) is 22.5 Å². The Labute approximate surface area is 170 Å². The van der Waals surface area contributed by atoms with Crippen LogP contribution in [0.4, 0.5) is 0 Å². The van der Waals surface area contributed by atoms with Crippen molar-refractivity contribution in [3.63, 3.8) is 0 Å². The van der Waals surface area contributed by atoms with Crippen LogP contribution in [0.3, 0.4) is 0 Å². The van der Waals surface area contributed by atoms with Crippen LogP contribution in [0.25, 0.3) is 16.7 Å². The molecule has 1 aliphatic rings. The van der Waals surface area contributed by atoms with E-state index in [0.29, 0.717) is 22.4 Å². The normalized spacial score (nSPS) is 13.5. The minimum Gasteiger partial charge on any atom is -0.486 e. The minimum absolute atomic E-state index is 0.178. The van der Waals surface area contributed by atoms with Crippen LogP contribution in [-0.4, -0.2) is 19.1 Å². The van der Waals surface area contributed by atoms with Gasteiger partial charge in [-0.3, -0.25) is 9.36 Å². The Kier molecular flexibility index (Phi) is 4.18. The summed E-state index contributed by atoms with van der Waals surface area (Å²) in [7, 11) is 2.03. The molecule has 0 unspecified atom stereocenters. The molecule has 0 radical (unpaired) electrons. The molecule has 3 aromatic heterocycles. The van der Waals surface area contributed by atoms with Crippen molar-refractivity contribution in [2.45, 2.75) is 25.4 Å². The van der Waals surface area contributed by atoms with E-state index in [9.17, 15) is 4.79 Å². The third kappa shape index (κ3) is 3.30. The van der Waals surface area contributed by atoms with Crippen LogP contribution >= 0.6 is 11.3 Å². The maximum atomic E-state index is 12.7. The molecule has 8 heteroatoms. The van der Waals surface area contributed by atoms with Gasteiger partial charge in [-0.15, -0.1) is 11.3 Å². The Morgan fingerprint density at radius 1 is 1.28 bits per heavy atom. The zero-order valence-electron chi connectivity index (χ0n) is 15.7. The van der Waals surface area contributed by atoms with Gasteiger partial charge in [0.1, 0.15) is 29.3 Å². The highest BCUT2D eigenvalue weighted by Gasteiger charge is 2.28. The van der Waals surface area contributed by atoms with Crippen LogP contribution < -0.4 is 10.3 Å². The monoisotopic (exact) mass is 403 g/mol. The van der Waals surface area contributed by atoms with Gasteiger partial charge in [0.25, 0.3) is 5.56 Å². The first-order valence-corrected chi connectivity index (χ1v) is 10.2. The number of aryl methyl sites for hydroxylation is 1. The Morgan fingerprint density at radius 2 is 2.14 bits per heavy atom. The van der Waals surface area contributed by atoms with Crippen molar-refractivity contribution >= 4 is 22.4 Å². The van der Waals surface area contributed by atoms with E-state index in [-0.39, 0.29) is 12.2 Å². The third-order valence-electron chi connectivity index (χ3n) is 5.04. The number of pyridine rings is 1. The van der Waals surface area contributed by atoms with Gasteiger partial charge in [0.05, 0.1) is 16.7 Å². The molecule has 4 aromatic rings. The third-order valence-corrected chi connectivity index (χ3v) is 5.86. The fourth-order valence-electron chi connectivity index (χ4n) is 3.39. The van der Waals surface area contributed by atoms with Crippen LogP contribution in [0.5, 0.6) is 5.75 Å². The molecule has 1 aliphatic carbocycles. The summed E-state index contributed by atoms with van der Waals surface area (Å²) in [6.45, 7) is 0.223. The van der Waals surface area contributed by atoms with E-state index in [1.54, 1.807) is 22.2 Å². The second kappa shape index (κ2) is 6.87. The summed E-state index contributed by atoms with van der Waals surface area (Å²) >= 11 is 1.36. The van der Waals surface area contributed by atoms with Crippen LogP contribution in [0.1, 0.15) is 35.3 Å². The molecular weight excluding hydrogens is 386 g/mol. The van der Waals surface area contributed by atoms with Crippen molar-refractivity contribution in [3.8, 4) is 17.5 Å². The van der Waals surface area contributed by atoms with E-state index in [4.69, 9.17) is 15.0 Å². The van der Waals surface area contributed by atoms with E-state index in [2.05, 4.69) is 9.55 Å². The smallest absolute Gasteiger partial charge is 0.258 e. The molecule has 0 atom stereocenters. The van der Waals surface area contributed by atoms with Crippen molar-refractivity contribution in [1.29, 1.82) is 5.26 Å². The Bertz CT molecular complexity index is 1320. The van der Waals surface area contributed by atoms with Crippen molar-refractivity contribution in [1.82, 2.24) is 19.1 Å². The zero-order valence-corrected chi connectivity index (χ0v) is 16.5. The summed E-state index contributed by atoms with van der Waals surface area (Å²) in [5.41, 5.74) is 2.96. The predicted molar refractivity (Wildman–Crippen MR) is 109 cm³/mol. The molecular formula is C21H17N5O2S. The molecule has 1 saturated carbocycles. The molecule has 1 fully saturated rings. The van der Waals surface area contributed by atoms with Crippen molar-refractivity contribution < 1.29 is 4.74 Å². The number of aromatic nitrogens is 4. The Morgan fingerprint density at radius 3 is 2.86 bits per heavy atom. The lowest BCUT2D eigenvalue weighted by Gasteiger charge is -2.09. The van der Waals surface area contributed by atoms with Crippen LogP contribution in [-0.2, 0) is 13.7 Å². The topological polar surface area (TPSA) is 85.7 Å². The number of benzene rings is 1. The summed E-state index contributed by atoms with van der Waals surface area (Å²) in [6.07, 6.45) is 4.10. The minimum atomic E-state index is -0.178. The predicted octanol–water partition coefficient (Wildman–Crippen LogP) is 3.51. The molecule has 0 aliphatic heterocycles. The first kappa shape index (κ1) is 17.6. The summed E-state index contributed by atoms with van der Waals surface area (Å²) in [5, 5.41) is 11.2. The lowest BCUT2D eigenvalue weighted by atomic mass is 10.2. The molecule has 144 valence electrons. The van der Waals surface area contributed by atoms with Gasteiger partial charge < -0.3 is 9.30 Å². The van der Waals surface area contributed by atoms with Crippen molar-refractivity contribution in [3.05, 3.63) is 68.8 Å². The quantitative estimate of drug-likeness (QED) is 0.509. The molecule has 7 nitrogen and oxygen atoms in total.